The van der Waals surface area contributed by atoms with Crippen LogP contribution in [0.25, 0.3) is 6.08 Å². The third-order valence-electron chi connectivity index (χ3n) is 6.88. The average molecular weight is 482 g/mol. The molecular formula is C32H35NO3. The maximum Gasteiger partial charge on any atom is 0.306 e. The van der Waals surface area contributed by atoms with Gasteiger partial charge in [0.2, 0.25) is 5.91 Å². The minimum Gasteiger partial charge on any atom is -0.457 e. The number of ether oxygens (including phenoxy) is 1. The van der Waals surface area contributed by atoms with Gasteiger partial charge in [0, 0.05) is 17.9 Å². The molecule has 3 aromatic rings. The molecule has 0 saturated carbocycles. The van der Waals surface area contributed by atoms with Crippen LogP contribution in [0.3, 0.4) is 0 Å². The number of allylic oxidation sites excluding steroid dienone is 1. The SMILES string of the molecule is C1=Cc2ccccc2C1.CC(C)CCC(=O)O[C@H]1c2ccccc2C[C@H]1Cc1ccc(C(N)=O)cc1. The second-order valence-corrected chi connectivity index (χ2v) is 10.1. The standard InChI is InChI=1S/C23H27NO3.C9H8/c1-15(2)7-12-21(25)27-22-19(14-18-5-3-4-6-20(18)22)13-16-8-10-17(11-9-16)23(24)26;1-2-5-9-7-3-6-8(9)4-1/h3-6,8-11,15,19,22H,7,12-14H2,1-2H3,(H2,24,26);1-6H,7H2/t19-,22-;/m1./s1. The van der Waals surface area contributed by atoms with Crippen molar-refractivity contribution in [2.45, 2.75) is 52.1 Å². The Morgan fingerprint density at radius 1 is 0.944 bits per heavy atom. The number of nitrogens with two attached hydrogens (primary N) is 1. The van der Waals surface area contributed by atoms with Crippen molar-refractivity contribution in [3.05, 3.63) is 112 Å². The molecule has 4 nitrogen and oxygen atoms in total. The number of fused-ring (bicyclic) bond motifs is 2. The normalized spacial score (nSPS) is 17.2. The number of hydrogen-bond acceptors (Lipinski definition) is 3. The molecule has 0 spiro atoms. The topological polar surface area (TPSA) is 69.4 Å². The van der Waals surface area contributed by atoms with Crippen LogP contribution in [0.4, 0.5) is 0 Å². The highest BCUT2D eigenvalue weighted by Crippen LogP contribution is 2.40. The van der Waals surface area contributed by atoms with E-state index in [0.29, 0.717) is 17.9 Å². The Balaban J connectivity index is 0.000000280. The van der Waals surface area contributed by atoms with Gasteiger partial charge in [-0.2, -0.15) is 0 Å². The van der Waals surface area contributed by atoms with E-state index in [1.165, 1.54) is 16.7 Å². The molecule has 0 radical (unpaired) electrons. The summed E-state index contributed by atoms with van der Waals surface area (Å²) in [6.45, 7) is 4.22. The molecule has 36 heavy (non-hydrogen) atoms. The summed E-state index contributed by atoms with van der Waals surface area (Å²) in [7, 11) is 0. The van der Waals surface area contributed by atoms with Crippen molar-refractivity contribution in [2.24, 2.45) is 17.6 Å². The molecule has 4 heteroatoms. The van der Waals surface area contributed by atoms with Crippen molar-refractivity contribution in [3.63, 3.8) is 0 Å². The second-order valence-electron chi connectivity index (χ2n) is 10.1. The van der Waals surface area contributed by atoms with E-state index in [9.17, 15) is 9.59 Å². The predicted molar refractivity (Wildman–Crippen MR) is 144 cm³/mol. The Kier molecular flexibility index (Phi) is 8.37. The van der Waals surface area contributed by atoms with Crippen molar-refractivity contribution in [2.75, 3.05) is 0 Å². The van der Waals surface area contributed by atoms with E-state index >= 15 is 0 Å². The van der Waals surface area contributed by atoms with Gasteiger partial charge in [-0.1, -0.05) is 86.7 Å². The van der Waals surface area contributed by atoms with Gasteiger partial charge in [0.05, 0.1) is 0 Å². The zero-order valence-electron chi connectivity index (χ0n) is 21.2. The Hall–Kier alpha value is -3.66. The average Bonchev–Trinajstić information content (AvgIpc) is 3.48. The molecule has 0 bridgehead atoms. The maximum atomic E-state index is 12.4. The van der Waals surface area contributed by atoms with E-state index in [2.05, 4.69) is 62.4 Å². The van der Waals surface area contributed by atoms with Gasteiger partial charge < -0.3 is 10.5 Å². The number of primary amides is 1. The molecule has 5 rings (SSSR count). The largest absolute Gasteiger partial charge is 0.457 e. The Morgan fingerprint density at radius 2 is 1.64 bits per heavy atom. The number of esters is 1. The highest BCUT2D eigenvalue weighted by Gasteiger charge is 2.35. The summed E-state index contributed by atoms with van der Waals surface area (Å²) in [4.78, 5) is 23.6. The van der Waals surface area contributed by atoms with Crippen molar-refractivity contribution < 1.29 is 14.3 Å². The second kappa shape index (κ2) is 11.9. The molecule has 0 unspecified atom stereocenters. The van der Waals surface area contributed by atoms with Crippen molar-refractivity contribution >= 4 is 18.0 Å². The van der Waals surface area contributed by atoms with Crippen LogP contribution >= 0.6 is 0 Å². The highest BCUT2D eigenvalue weighted by atomic mass is 16.5. The van der Waals surface area contributed by atoms with Crippen LogP contribution < -0.4 is 5.73 Å². The quantitative estimate of drug-likeness (QED) is 0.393. The summed E-state index contributed by atoms with van der Waals surface area (Å²) in [6.07, 6.45) is 8.25. The fourth-order valence-electron chi connectivity index (χ4n) is 4.89. The summed E-state index contributed by atoms with van der Waals surface area (Å²) in [5, 5.41) is 0. The first-order valence-electron chi connectivity index (χ1n) is 12.8. The minimum absolute atomic E-state index is 0.125. The predicted octanol–water partition coefficient (Wildman–Crippen LogP) is 6.48. The fraction of sp³-hybridized carbons (Fsp3) is 0.312. The van der Waals surface area contributed by atoms with E-state index in [1.807, 2.05) is 24.3 Å². The Morgan fingerprint density at radius 3 is 2.33 bits per heavy atom. The number of hydrogen-bond donors (Lipinski definition) is 1. The zero-order chi connectivity index (χ0) is 25.5. The lowest BCUT2D eigenvalue weighted by Crippen LogP contribution is -2.18. The summed E-state index contributed by atoms with van der Waals surface area (Å²) in [5.41, 5.74) is 12.1. The third kappa shape index (κ3) is 6.51. The maximum absolute atomic E-state index is 12.4. The molecule has 0 fully saturated rings. The van der Waals surface area contributed by atoms with E-state index in [1.54, 1.807) is 12.1 Å². The molecule has 0 aliphatic heterocycles. The molecule has 0 aromatic heterocycles. The lowest BCUT2D eigenvalue weighted by atomic mass is 9.94. The summed E-state index contributed by atoms with van der Waals surface area (Å²) in [6, 6.07) is 24.1. The van der Waals surface area contributed by atoms with E-state index in [-0.39, 0.29) is 18.0 Å². The highest BCUT2D eigenvalue weighted by molar-refractivity contribution is 5.92. The van der Waals surface area contributed by atoms with Crippen LogP contribution in [0.5, 0.6) is 0 Å². The molecule has 186 valence electrons. The van der Waals surface area contributed by atoms with Crippen LogP contribution in [-0.2, 0) is 28.8 Å². The lowest BCUT2D eigenvalue weighted by Gasteiger charge is -2.21. The van der Waals surface area contributed by atoms with E-state index in [4.69, 9.17) is 10.5 Å². The molecule has 2 N–H and O–H groups in total. The van der Waals surface area contributed by atoms with Gasteiger partial charge in [0.15, 0.2) is 0 Å². The fourth-order valence-corrected chi connectivity index (χ4v) is 4.89. The van der Waals surface area contributed by atoms with Crippen LogP contribution in [0, 0.1) is 11.8 Å². The van der Waals surface area contributed by atoms with Crippen LogP contribution in [-0.4, -0.2) is 11.9 Å². The Bertz CT molecular complexity index is 1230. The van der Waals surface area contributed by atoms with Crippen molar-refractivity contribution in [3.8, 4) is 0 Å². The number of rotatable bonds is 7. The van der Waals surface area contributed by atoms with Gasteiger partial charge in [-0.3, -0.25) is 9.59 Å². The number of carbonyl (C=O) groups excluding carboxylic acids is 2. The lowest BCUT2D eigenvalue weighted by molar-refractivity contribution is -0.152. The van der Waals surface area contributed by atoms with Crippen molar-refractivity contribution in [1.82, 2.24) is 0 Å². The first-order valence-corrected chi connectivity index (χ1v) is 12.8. The van der Waals surface area contributed by atoms with Gasteiger partial charge in [0.1, 0.15) is 6.10 Å². The van der Waals surface area contributed by atoms with Gasteiger partial charge in [0.25, 0.3) is 0 Å². The van der Waals surface area contributed by atoms with E-state index < -0.39 is 5.91 Å². The summed E-state index contributed by atoms with van der Waals surface area (Å²) < 4.78 is 5.92. The molecular weight excluding hydrogens is 446 g/mol. The van der Waals surface area contributed by atoms with Gasteiger partial charge in [-0.25, -0.2) is 0 Å². The number of benzene rings is 3. The Labute approximate surface area is 214 Å². The van der Waals surface area contributed by atoms with E-state index in [0.717, 1.165) is 36.8 Å². The summed E-state index contributed by atoms with van der Waals surface area (Å²) in [5.74, 6) is 0.129. The molecule has 3 aromatic carbocycles. The monoisotopic (exact) mass is 481 g/mol. The molecule has 2 atom stereocenters. The molecule has 0 heterocycles. The van der Waals surface area contributed by atoms with Crippen molar-refractivity contribution in [1.29, 1.82) is 0 Å². The first-order chi connectivity index (χ1) is 17.4. The van der Waals surface area contributed by atoms with Crippen LogP contribution in [0.1, 0.15) is 71.0 Å². The van der Waals surface area contributed by atoms with Gasteiger partial charge >= 0.3 is 5.97 Å². The summed E-state index contributed by atoms with van der Waals surface area (Å²) >= 11 is 0. The molecule has 0 saturated heterocycles. The molecule has 2 aliphatic rings. The van der Waals surface area contributed by atoms with Crippen LogP contribution in [0.2, 0.25) is 0 Å². The number of carbonyl (C=O) groups is 2. The first kappa shape index (κ1) is 25.4. The smallest absolute Gasteiger partial charge is 0.306 e. The number of amides is 1. The van der Waals surface area contributed by atoms with Crippen LogP contribution in [0.15, 0.2) is 78.9 Å². The van der Waals surface area contributed by atoms with Gasteiger partial charge in [-0.15, -0.1) is 0 Å². The minimum atomic E-state index is -0.424. The zero-order valence-corrected chi connectivity index (χ0v) is 21.2. The molecule has 2 aliphatic carbocycles. The molecule has 1 amide bonds. The third-order valence-corrected chi connectivity index (χ3v) is 6.88. The van der Waals surface area contributed by atoms with Gasteiger partial charge in [-0.05, 0) is 71.6 Å².